The molecular weight excluding hydrogens is 296 g/mol. The van der Waals surface area contributed by atoms with Crippen LogP contribution in [0, 0.1) is 0 Å². The first-order valence-electron chi connectivity index (χ1n) is 6.74. The van der Waals surface area contributed by atoms with Crippen LogP contribution in [-0.2, 0) is 21.2 Å². The Bertz CT molecular complexity index is 593. The number of rotatable bonds is 5. The Labute approximate surface area is 124 Å². The minimum absolute atomic E-state index is 0.00752. The molecule has 2 heterocycles. The van der Waals surface area contributed by atoms with Gasteiger partial charge in [0.05, 0.1) is 0 Å². The van der Waals surface area contributed by atoms with Gasteiger partial charge in [-0.2, -0.15) is 0 Å². The van der Waals surface area contributed by atoms with E-state index in [4.69, 9.17) is 0 Å². The van der Waals surface area contributed by atoms with Gasteiger partial charge in [-0.25, -0.2) is 13.1 Å². The first-order chi connectivity index (χ1) is 9.33. The smallest absolute Gasteiger partial charge is 0.250 e. The van der Waals surface area contributed by atoms with Gasteiger partial charge < -0.3 is 4.90 Å². The molecule has 1 atom stereocenters. The summed E-state index contributed by atoms with van der Waals surface area (Å²) >= 11 is 1.28. The normalized spacial score (nSPS) is 20.1. The molecule has 2 rings (SSSR count). The molecule has 1 aliphatic heterocycles. The summed E-state index contributed by atoms with van der Waals surface area (Å²) in [6, 6.07) is 3.23. The number of aryl methyl sites for hydroxylation is 1. The van der Waals surface area contributed by atoms with Crippen LogP contribution in [0.5, 0.6) is 0 Å². The first kappa shape index (κ1) is 15.5. The second kappa shape index (κ2) is 5.83. The summed E-state index contributed by atoms with van der Waals surface area (Å²) in [7, 11) is -3.52. The van der Waals surface area contributed by atoms with Crippen LogP contribution in [0.2, 0.25) is 0 Å². The van der Waals surface area contributed by atoms with Crippen molar-refractivity contribution in [3.05, 3.63) is 17.0 Å². The lowest BCUT2D eigenvalue weighted by Gasteiger charge is -2.21. The maximum Gasteiger partial charge on any atom is 0.250 e. The maximum absolute atomic E-state index is 12.3. The van der Waals surface area contributed by atoms with Crippen molar-refractivity contribution in [2.75, 3.05) is 6.54 Å². The Balaban J connectivity index is 2.08. The first-order valence-corrected chi connectivity index (χ1v) is 9.04. The third kappa shape index (κ3) is 3.21. The molecule has 1 amide bonds. The number of carbonyl (C=O) groups is 1. The molecule has 0 saturated carbocycles. The third-order valence-corrected chi connectivity index (χ3v) is 6.60. The van der Waals surface area contributed by atoms with Crippen molar-refractivity contribution in [1.82, 2.24) is 9.62 Å². The van der Waals surface area contributed by atoms with Crippen LogP contribution in [0.1, 0.15) is 32.1 Å². The Morgan fingerprint density at radius 1 is 1.45 bits per heavy atom. The molecule has 0 bridgehead atoms. The predicted molar refractivity (Wildman–Crippen MR) is 79.3 cm³/mol. The molecule has 0 aliphatic carbocycles. The highest BCUT2D eigenvalue weighted by Crippen LogP contribution is 2.23. The number of thiophene rings is 1. The van der Waals surface area contributed by atoms with Gasteiger partial charge in [-0.1, -0.05) is 6.92 Å². The minimum Gasteiger partial charge on any atom is -0.339 e. The van der Waals surface area contributed by atoms with Crippen LogP contribution in [0.4, 0.5) is 0 Å². The number of amides is 1. The van der Waals surface area contributed by atoms with Gasteiger partial charge in [-0.3, -0.25) is 4.79 Å². The summed E-state index contributed by atoms with van der Waals surface area (Å²) in [5.41, 5.74) is 0. The molecule has 1 N–H and O–H groups in total. The second-order valence-electron chi connectivity index (χ2n) is 5.24. The Kier molecular flexibility index (Phi) is 4.51. The number of hydrogen-bond donors (Lipinski definition) is 1. The molecule has 20 heavy (non-hydrogen) atoms. The largest absolute Gasteiger partial charge is 0.339 e. The van der Waals surface area contributed by atoms with Gasteiger partial charge in [0.25, 0.3) is 0 Å². The van der Waals surface area contributed by atoms with E-state index in [2.05, 4.69) is 4.72 Å². The average molecular weight is 316 g/mol. The highest BCUT2D eigenvalue weighted by molar-refractivity contribution is 7.91. The Morgan fingerprint density at radius 3 is 2.65 bits per heavy atom. The lowest BCUT2D eigenvalue weighted by Crippen LogP contribution is -2.38. The van der Waals surface area contributed by atoms with E-state index >= 15 is 0 Å². The van der Waals surface area contributed by atoms with E-state index in [1.165, 1.54) is 11.3 Å². The van der Waals surface area contributed by atoms with Crippen LogP contribution in [-0.4, -0.2) is 37.9 Å². The van der Waals surface area contributed by atoms with Crippen molar-refractivity contribution < 1.29 is 13.2 Å². The van der Waals surface area contributed by atoms with Gasteiger partial charge in [0.15, 0.2) is 0 Å². The quantitative estimate of drug-likeness (QED) is 0.897. The summed E-state index contributed by atoms with van der Waals surface area (Å²) in [5, 5.41) is 0. The fourth-order valence-corrected chi connectivity index (χ4v) is 4.82. The van der Waals surface area contributed by atoms with E-state index in [9.17, 15) is 13.2 Å². The summed E-state index contributed by atoms with van der Waals surface area (Å²) in [6.07, 6.45) is 1.06. The molecule has 0 radical (unpaired) electrons. The fraction of sp³-hybridized carbons (Fsp3) is 0.615. The van der Waals surface area contributed by atoms with E-state index < -0.39 is 10.0 Å². The van der Waals surface area contributed by atoms with Crippen molar-refractivity contribution in [3.8, 4) is 0 Å². The van der Waals surface area contributed by atoms with Gasteiger partial charge in [-0.15, -0.1) is 11.3 Å². The van der Waals surface area contributed by atoms with E-state index in [0.29, 0.717) is 10.8 Å². The molecule has 1 aromatic heterocycles. The van der Waals surface area contributed by atoms with Crippen LogP contribution < -0.4 is 4.72 Å². The number of nitrogens with one attached hydrogen (secondary N) is 1. The fourth-order valence-electron chi connectivity index (χ4n) is 2.28. The molecule has 1 fully saturated rings. The predicted octanol–water partition coefficient (Wildman–Crippen LogP) is 1.60. The SMILES string of the molecule is CCc1ccc(S(=O)(=O)NC2CC(=O)N(C(C)C)C2)s1. The standard InChI is InChI=1S/C13H20N2O3S2/c1-4-11-5-6-13(19-11)20(17,18)14-10-7-12(16)15(8-10)9(2)3/h5-6,9-10,14H,4,7-8H2,1-3H3. The molecule has 0 aromatic carbocycles. The zero-order valence-electron chi connectivity index (χ0n) is 11.9. The van der Waals surface area contributed by atoms with Gasteiger partial charge in [0, 0.05) is 29.9 Å². The highest BCUT2D eigenvalue weighted by atomic mass is 32.2. The monoisotopic (exact) mass is 316 g/mol. The van der Waals surface area contributed by atoms with Gasteiger partial charge in [-0.05, 0) is 32.4 Å². The van der Waals surface area contributed by atoms with Gasteiger partial charge in [0.2, 0.25) is 15.9 Å². The number of nitrogens with zero attached hydrogens (tertiary/aromatic N) is 1. The molecule has 1 aromatic rings. The van der Waals surface area contributed by atoms with Crippen LogP contribution in [0.3, 0.4) is 0 Å². The molecule has 0 spiro atoms. The summed E-state index contributed by atoms with van der Waals surface area (Å²) in [6.45, 7) is 6.30. The van der Waals surface area contributed by atoms with E-state index in [1.54, 1.807) is 11.0 Å². The van der Waals surface area contributed by atoms with E-state index in [1.807, 2.05) is 26.8 Å². The lowest BCUT2D eigenvalue weighted by atomic mass is 10.3. The van der Waals surface area contributed by atoms with Gasteiger partial charge >= 0.3 is 0 Å². The Hall–Kier alpha value is -0.920. The van der Waals surface area contributed by atoms with Crippen LogP contribution in [0.15, 0.2) is 16.3 Å². The minimum atomic E-state index is -3.52. The molecular formula is C13H20N2O3S2. The zero-order valence-corrected chi connectivity index (χ0v) is 13.6. The summed E-state index contributed by atoms with van der Waals surface area (Å²) in [4.78, 5) is 14.5. The van der Waals surface area contributed by atoms with E-state index in [-0.39, 0.29) is 24.4 Å². The number of carbonyl (C=O) groups excluding carboxylic acids is 1. The topological polar surface area (TPSA) is 66.5 Å². The molecule has 1 aliphatic rings. The lowest BCUT2D eigenvalue weighted by molar-refractivity contribution is -0.129. The number of likely N-dealkylation sites (tertiary alicyclic amines) is 1. The van der Waals surface area contributed by atoms with Crippen molar-refractivity contribution in [2.24, 2.45) is 0 Å². The second-order valence-corrected chi connectivity index (χ2v) is 8.35. The van der Waals surface area contributed by atoms with Crippen molar-refractivity contribution in [2.45, 2.75) is 49.9 Å². The van der Waals surface area contributed by atoms with Crippen molar-refractivity contribution in [1.29, 1.82) is 0 Å². The third-order valence-electron chi connectivity index (χ3n) is 3.35. The maximum atomic E-state index is 12.3. The molecule has 5 nitrogen and oxygen atoms in total. The van der Waals surface area contributed by atoms with Crippen molar-refractivity contribution >= 4 is 27.3 Å². The van der Waals surface area contributed by atoms with Crippen molar-refractivity contribution in [3.63, 3.8) is 0 Å². The summed E-state index contributed by atoms with van der Waals surface area (Å²) in [5.74, 6) is 0.00752. The van der Waals surface area contributed by atoms with Crippen LogP contribution in [0.25, 0.3) is 0 Å². The molecule has 1 saturated heterocycles. The molecule has 1 unspecified atom stereocenters. The molecule has 112 valence electrons. The average Bonchev–Trinajstić information content (AvgIpc) is 2.95. The zero-order chi connectivity index (χ0) is 14.9. The highest BCUT2D eigenvalue weighted by Gasteiger charge is 2.34. The summed E-state index contributed by atoms with van der Waals surface area (Å²) < 4.78 is 27.5. The Morgan fingerprint density at radius 2 is 2.15 bits per heavy atom. The van der Waals surface area contributed by atoms with Gasteiger partial charge in [0.1, 0.15) is 4.21 Å². The van der Waals surface area contributed by atoms with Crippen LogP contribution >= 0.6 is 11.3 Å². The number of hydrogen-bond acceptors (Lipinski definition) is 4. The number of sulfonamides is 1. The van der Waals surface area contributed by atoms with E-state index in [0.717, 1.165) is 11.3 Å². The molecule has 7 heteroatoms.